The molecule has 3 N–H and O–H groups in total. The van der Waals surface area contributed by atoms with Gasteiger partial charge in [0.25, 0.3) is 0 Å². The predicted octanol–water partition coefficient (Wildman–Crippen LogP) is -1.33. The second-order valence-electron chi connectivity index (χ2n) is 2.46. The van der Waals surface area contributed by atoms with Crippen molar-refractivity contribution in [3.8, 4) is 0 Å². The molecule has 0 radical (unpaired) electrons. The van der Waals surface area contributed by atoms with Gasteiger partial charge in [-0.25, -0.2) is 0 Å². The lowest BCUT2D eigenvalue weighted by Gasteiger charge is -2.31. The standard InChI is InChI=1S/C6H13NO3/c1-10-6-5(9)4(8)2-3-7-6/h4-9H,2-3H2,1H3. The summed E-state index contributed by atoms with van der Waals surface area (Å²) in [6, 6.07) is 0. The molecule has 4 nitrogen and oxygen atoms in total. The Hall–Kier alpha value is -0.160. The summed E-state index contributed by atoms with van der Waals surface area (Å²) >= 11 is 0. The fraction of sp³-hybridized carbons (Fsp3) is 1.00. The van der Waals surface area contributed by atoms with Gasteiger partial charge in [0.1, 0.15) is 12.3 Å². The molecular weight excluding hydrogens is 134 g/mol. The van der Waals surface area contributed by atoms with Crippen LogP contribution in [0, 0.1) is 0 Å². The number of methoxy groups -OCH3 is 1. The quantitative estimate of drug-likeness (QED) is 0.430. The van der Waals surface area contributed by atoms with Crippen LogP contribution in [0.15, 0.2) is 0 Å². The van der Waals surface area contributed by atoms with E-state index in [0.717, 1.165) is 0 Å². The molecule has 1 saturated heterocycles. The molecule has 0 spiro atoms. The van der Waals surface area contributed by atoms with E-state index in [0.29, 0.717) is 13.0 Å². The van der Waals surface area contributed by atoms with Crippen molar-refractivity contribution < 1.29 is 14.9 Å². The van der Waals surface area contributed by atoms with Crippen molar-refractivity contribution in [3.63, 3.8) is 0 Å². The first kappa shape index (κ1) is 7.94. The summed E-state index contributed by atoms with van der Waals surface area (Å²) in [4.78, 5) is 0. The van der Waals surface area contributed by atoms with Gasteiger partial charge in [-0.05, 0) is 6.42 Å². The zero-order valence-corrected chi connectivity index (χ0v) is 5.95. The zero-order chi connectivity index (χ0) is 7.56. The van der Waals surface area contributed by atoms with E-state index in [1.165, 1.54) is 7.11 Å². The Kier molecular flexibility index (Phi) is 2.62. The summed E-state index contributed by atoms with van der Waals surface area (Å²) in [5.41, 5.74) is 0. The highest BCUT2D eigenvalue weighted by atomic mass is 16.5. The van der Waals surface area contributed by atoms with Crippen LogP contribution in [0.25, 0.3) is 0 Å². The number of hydrogen-bond acceptors (Lipinski definition) is 4. The maximum Gasteiger partial charge on any atom is 0.136 e. The molecule has 0 aromatic carbocycles. The van der Waals surface area contributed by atoms with E-state index in [9.17, 15) is 5.11 Å². The number of piperidine rings is 1. The van der Waals surface area contributed by atoms with Crippen LogP contribution in [0.3, 0.4) is 0 Å². The monoisotopic (exact) mass is 147 g/mol. The van der Waals surface area contributed by atoms with Crippen LogP contribution in [0.5, 0.6) is 0 Å². The minimum absolute atomic E-state index is 0.413. The molecule has 3 unspecified atom stereocenters. The van der Waals surface area contributed by atoms with Crippen LogP contribution >= 0.6 is 0 Å². The van der Waals surface area contributed by atoms with Gasteiger partial charge in [0, 0.05) is 13.7 Å². The summed E-state index contributed by atoms with van der Waals surface area (Å²) in [7, 11) is 1.50. The van der Waals surface area contributed by atoms with Gasteiger partial charge in [0.2, 0.25) is 0 Å². The predicted molar refractivity (Wildman–Crippen MR) is 35.4 cm³/mol. The first-order chi connectivity index (χ1) is 4.75. The number of aliphatic hydroxyl groups is 2. The smallest absolute Gasteiger partial charge is 0.136 e. The fourth-order valence-corrected chi connectivity index (χ4v) is 1.09. The van der Waals surface area contributed by atoms with Crippen LogP contribution in [0.2, 0.25) is 0 Å². The molecular formula is C6H13NO3. The third-order valence-corrected chi connectivity index (χ3v) is 1.74. The lowest BCUT2D eigenvalue weighted by Crippen LogP contribution is -2.53. The lowest BCUT2D eigenvalue weighted by molar-refractivity contribution is -0.108. The molecule has 1 aliphatic heterocycles. The van der Waals surface area contributed by atoms with Gasteiger partial charge in [-0.3, -0.25) is 5.32 Å². The van der Waals surface area contributed by atoms with E-state index in [-0.39, 0.29) is 0 Å². The van der Waals surface area contributed by atoms with Gasteiger partial charge in [-0.2, -0.15) is 0 Å². The van der Waals surface area contributed by atoms with E-state index in [4.69, 9.17) is 9.84 Å². The molecule has 0 saturated carbocycles. The Bertz CT molecular complexity index is 109. The molecule has 0 amide bonds. The van der Waals surface area contributed by atoms with Crippen molar-refractivity contribution in [2.24, 2.45) is 0 Å². The van der Waals surface area contributed by atoms with Crippen molar-refractivity contribution in [1.29, 1.82) is 0 Å². The number of rotatable bonds is 1. The Labute approximate surface area is 59.8 Å². The van der Waals surface area contributed by atoms with E-state index in [2.05, 4.69) is 5.32 Å². The van der Waals surface area contributed by atoms with Crippen LogP contribution < -0.4 is 5.32 Å². The van der Waals surface area contributed by atoms with Crippen LogP contribution in [0.1, 0.15) is 6.42 Å². The minimum atomic E-state index is -0.793. The first-order valence-corrected chi connectivity index (χ1v) is 3.38. The third kappa shape index (κ3) is 1.46. The summed E-state index contributed by atoms with van der Waals surface area (Å²) in [5.74, 6) is 0. The average molecular weight is 147 g/mol. The van der Waals surface area contributed by atoms with Crippen molar-refractivity contribution in [2.45, 2.75) is 24.9 Å². The van der Waals surface area contributed by atoms with Gasteiger partial charge < -0.3 is 14.9 Å². The fourth-order valence-electron chi connectivity index (χ4n) is 1.09. The van der Waals surface area contributed by atoms with Gasteiger partial charge in [-0.15, -0.1) is 0 Å². The summed E-state index contributed by atoms with van der Waals surface area (Å²) in [6.45, 7) is 0.691. The molecule has 3 atom stereocenters. The molecule has 1 fully saturated rings. The van der Waals surface area contributed by atoms with E-state index in [1.807, 2.05) is 0 Å². The second-order valence-corrected chi connectivity index (χ2v) is 2.46. The highest BCUT2D eigenvalue weighted by molar-refractivity contribution is 4.80. The lowest BCUT2D eigenvalue weighted by atomic mass is 10.1. The van der Waals surface area contributed by atoms with Crippen molar-refractivity contribution in [1.82, 2.24) is 5.32 Å². The van der Waals surface area contributed by atoms with Crippen molar-refractivity contribution >= 4 is 0 Å². The molecule has 1 aliphatic rings. The van der Waals surface area contributed by atoms with Gasteiger partial charge >= 0.3 is 0 Å². The second kappa shape index (κ2) is 3.30. The molecule has 10 heavy (non-hydrogen) atoms. The molecule has 4 heteroatoms. The molecule has 60 valence electrons. The van der Waals surface area contributed by atoms with E-state index < -0.39 is 18.4 Å². The molecule has 0 bridgehead atoms. The number of hydrogen-bond donors (Lipinski definition) is 3. The minimum Gasteiger partial charge on any atom is -0.390 e. The van der Waals surface area contributed by atoms with Crippen LogP contribution in [-0.2, 0) is 4.74 Å². The molecule has 0 aromatic rings. The summed E-state index contributed by atoms with van der Waals surface area (Å²) < 4.78 is 4.85. The summed E-state index contributed by atoms with van der Waals surface area (Å²) in [6.07, 6.45) is -1.27. The van der Waals surface area contributed by atoms with Crippen molar-refractivity contribution in [2.75, 3.05) is 13.7 Å². The Morgan fingerprint density at radius 3 is 2.70 bits per heavy atom. The molecule has 1 heterocycles. The number of ether oxygens (including phenoxy) is 1. The third-order valence-electron chi connectivity index (χ3n) is 1.74. The topological polar surface area (TPSA) is 61.7 Å². The van der Waals surface area contributed by atoms with Gasteiger partial charge in [0.15, 0.2) is 0 Å². The van der Waals surface area contributed by atoms with E-state index >= 15 is 0 Å². The van der Waals surface area contributed by atoms with Crippen LogP contribution in [0.4, 0.5) is 0 Å². The maximum atomic E-state index is 9.20. The maximum absolute atomic E-state index is 9.20. The molecule has 0 aromatic heterocycles. The van der Waals surface area contributed by atoms with Crippen LogP contribution in [-0.4, -0.2) is 42.3 Å². The molecule has 0 aliphatic carbocycles. The van der Waals surface area contributed by atoms with Crippen molar-refractivity contribution in [3.05, 3.63) is 0 Å². The largest absolute Gasteiger partial charge is 0.390 e. The SMILES string of the molecule is COC1NCCC(O)C1O. The molecule has 1 rings (SSSR count). The van der Waals surface area contributed by atoms with Gasteiger partial charge in [0.05, 0.1) is 6.10 Å². The highest BCUT2D eigenvalue weighted by Gasteiger charge is 2.29. The Morgan fingerprint density at radius 1 is 1.50 bits per heavy atom. The number of nitrogens with one attached hydrogen (secondary N) is 1. The normalized spacial score (nSPS) is 41.7. The van der Waals surface area contributed by atoms with E-state index in [1.54, 1.807) is 0 Å². The van der Waals surface area contributed by atoms with Gasteiger partial charge in [-0.1, -0.05) is 0 Å². The summed E-state index contributed by atoms with van der Waals surface area (Å²) in [5, 5.41) is 21.2. The number of aliphatic hydroxyl groups excluding tert-OH is 2. The first-order valence-electron chi connectivity index (χ1n) is 3.38. The zero-order valence-electron chi connectivity index (χ0n) is 5.95. The Morgan fingerprint density at radius 2 is 2.20 bits per heavy atom. The highest BCUT2D eigenvalue weighted by Crippen LogP contribution is 2.09. The average Bonchev–Trinajstić information content (AvgIpc) is 1.95. The Balaban J connectivity index is 2.42.